The maximum Gasteiger partial charge on any atom is 0.123 e. The number of phenolic OH excluding ortho intramolecular Hbond substituents is 2. The Balaban J connectivity index is 1.75. The maximum absolute atomic E-state index is 9.84. The van der Waals surface area contributed by atoms with E-state index >= 15 is 0 Å². The van der Waals surface area contributed by atoms with Gasteiger partial charge in [0.15, 0.2) is 0 Å². The van der Waals surface area contributed by atoms with Gasteiger partial charge in [0.25, 0.3) is 0 Å². The highest BCUT2D eigenvalue weighted by atomic mass is 32.2. The number of thioether (sulfide) groups is 1. The van der Waals surface area contributed by atoms with Crippen molar-refractivity contribution in [2.24, 2.45) is 0 Å². The Kier molecular flexibility index (Phi) is 5.15. The van der Waals surface area contributed by atoms with Crippen LogP contribution in [0, 0.1) is 0 Å². The molecular weight excluding hydrogens is 276 g/mol. The van der Waals surface area contributed by atoms with E-state index < -0.39 is 6.10 Å². The number of aliphatic hydroxyl groups excluding tert-OH is 1. The summed E-state index contributed by atoms with van der Waals surface area (Å²) in [6.45, 7) is 0.161. The lowest BCUT2D eigenvalue weighted by atomic mass is 10.3. The molecule has 3 N–H and O–H groups in total. The first-order valence-corrected chi connectivity index (χ1v) is 7.14. The van der Waals surface area contributed by atoms with E-state index in [2.05, 4.69) is 0 Å². The summed E-state index contributed by atoms with van der Waals surface area (Å²) in [6.07, 6.45) is -0.615. The van der Waals surface area contributed by atoms with Gasteiger partial charge >= 0.3 is 0 Å². The number of hydrogen-bond donors (Lipinski definition) is 3. The number of benzene rings is 2. The summed E-state index contributed by atoms with van der Waals surface area (Å²) < 4.78 is 5.39. The van der Waals surface area contributed by atoms with Gasteiger partial charge in [0.05, 0.1) is 6.10 Å². The van der Waals surface area contributed by atoms with Crippen molar-refractivity contribution in [1.29, 1.82) is 0 Å². The van der Waals surface area contributed by atoms with Crippen molar-refractivity contribution in [1.82, 2.24) is 0 Å². The van der Waals surface area contributed by atoms with Crippen LogP contribution >= 0.6 is 11.8 Å². The SMILES string of the molecule is Oc1ccc(SCC(O)COc2cccc(O)c2)cc1. The zero-order valence-corrected chi connectivity index (χ0v) is 11.6. The molecule has 0 aliphatic heterocycles. The highest BCUT2D eigenvalue weighted by Crippen LogP contribution is 2.22. The molecule has 1 unspecified atom stereocenters. The number of aromatic hydroxyl groups is 2. The van der Waals surface area contributed by atoms with Gasteiger partial charge in [-0.25, -0.2) is 0 Å². The number of hydrogen-bond acceptors (Lipinski definition) is 5. The number of aliphatic hydroxyl groups is 1. The first kappa shape index (κ1) is 14.6. The van der Waals surface area contributed by atoms with Crippen LogP contribution < -0.4 is 4.74 Å². The summed E-state index contributed by atoms with van der Waals surface area (Å²) in [4.78, 5) is 0.971. The fourth-order valence-electron chi connectivity index (χ4n) is 1.55. The first-order chi connectivity index (χ1) is 9.63. The minimum absolute atomic E-state index is 0.135. The van der Waals surface area contributed by atoms with Crippen molar-refractivity contribution in [2.75, 3.05) is 12.4 Å². The zero-order chi connectivity index (χ0) is 14.4. The molecule has 2 aromatic carbocycles. The average Bonchev–Trinajstić information content (AvgIpc) is 2.45. The Morgan fingerprint density at radius 2 is 1.75 bits per heavy atom. The molecule has 0 saturated carbocycles. The molecule has 0 amide bonds. The minimum Gasteiger partial charge on any atom is -0.508 e. The Morgan fingerprint density at radius 1 is 1.00 bits per heavy atom. The van der Waals surface area contributed by atoms with Crippen LogP contribution in [0.25, 0.3) is 0 Å². The smallest absolute Gasteiger partial charge is 0.123 e. The van der Waals surface area contributed by atoms with Crippen molar-refractivity contribution < 1.29 is 20.1 Å². The zero-order valence-electron chi connectivity index (χ0n) is 10.8. The second-order valence-electron chi connectivity index (χ2n) is 4.27. The molecule has 5 heteroatoms. The van der Waals surface area contributed by atoms with Gasteiger partial charge in [0.1, 0.15) is 23.9 Å². The largest absolute Gasteiger partial charge is 0.508 e. The van der Waals surface area contributed by atoms with Crippen LogP contribution in [-0.4, -0.2) is 33.8 Å². The van der Waals surface area contributed by atoms with Crippen molar-refractivity contribution in [3.63, 3.8) is 0 Å². The summed E-state index contributed by atoms with van der Waals surface area (Å²) in [6, 6.07) is 13.3. The van der Waals surface area contributed by atoms with Crippen LogP contribution in [0.3, 0.4) is 0 Å². The molecule has 0 aliphatic carbocycles. The van der Waals surface area contributed by atoms with Gasteiger partial charge in [-0.05, 0) is 36.4 Å². The van der Waals surface area contributed by atoms with E-state index in [0.717, 1.165) is 4.90 Å². The van der Waals surface area contributed by atoms with Gasteiger partial charge in [-0.3, -0.25) is 0 Å². The first-order valence-electron chi connectivity index (χ1n) is 6.15. The average molecular weight is 292 g/mol. The molecule has 0 aliphatic rings. The lowest BCUT2D eigenvalue weighted by molar-refractivity contribution is 0.126. The topological polar surface area (TPSA) is 69.9 Å². The molecule has 0 spiro atoms. The van der Waals surface area contributed by atoms with Gasteiger partial charge in [-0.15, -0.1) is 11.8 Å². The number of ether oxygens (including phenoxy) is 1. The van der Waals surface area contributed by atoms with Crippen LogP contribution in [0.5, 0.6) is 17.2 Å². The van der Waals surface area contributed by atoms with E-state index in [1.54, 1.807) is 42.5 Å². The van der Waals surface area contributed by atoms with Crippen molar-refractivity contribution >= 4 is 11.8 Å². The standard InChI is InChI=1S/C15H16O4S/c16-11-4-6-15(7-5-11)20-10-13(18)9-19-14-3-1-2-12(17)8-14/h1-8,13,16-18H,9-10H2. The predicted octanol–water partition coefficient (Wildman–Crippen LogP) is 2.63. The molecule has 0 radical (unpaired) electrons. The Bertz CT molecular complexity index is 542. The van der Waals surface area contributed by atoms with Gasteiger partial charge < -0.3 is 20.1 Å². The minimum atomic E-state index is -0.615. The Hall–Kier alpha value is -1.85. The molecule has 0 bridgehead atoms. The van der Waals surface area contributed by atoms with E-state index in [-0.39, 0.29) is 18.1 Å². The molecule has 2 aromatic rings. The highest BCUT2D eigenvalue weighted by Gasteiger charge is 2.07. The van der Waals surface area contributed by atoms with E-state index in [1.165, 1.54) is 17.8 Å². The summed E-state index contributed by atoms with van der Waals surface area (Å²) in [7, 11) is 0. The number of rotatable bonds is 6. The van der Waals surface area contributed by atoms with E-state index in [9.17, 15) is 10.2 Å². The van der Waals surface area contributed by atoms with Crippen LogP contribution in [-0.2, 0) is 0 Å². The van der Waals surface area contributed by atoms with Gasteiger partial charge in [0, 0.05) is 16.7 Å². The monoisotopic (exact) mass is 292 g/mol. The molecule has 1 atom stereocenters. The summed E-state index contributed by atoms with van der Waals surface area (Å²) >= 11 is 1.49. The molecule has 0 heterocycles. The normalized spacial score (nSPS) is 12.1. The third kappa shape index (κ3) is 4.68. The fraction of sp³-hybridized carbons (Fsp3) is 0.200. The van der Waals surface area contributed by atoms with Crippen LogP contribution in [0.1, 0.15) is 0 Å². The fourth-order valence-corrected chi connectivity index (χ4v) is 2.36. The van der Waals surface area contributed by atoms with Crippen molar-refractivity contribution in [2.45, 2.75) is 11.0 Å². The molecular formula is C15H16O4S. The third-order valence-corrected chi connectivity index (χ3v) is 3.70. The third-order valence-electron chi connectivity index (χ3n) is 2.54. The summed E-state index contributed by atoms with van der Waals surface area (Å²) in [5.41, 5.74) is 0. The van der Waals surface area contributed by atoms with Gasteiger partial charge in [-0.1, -0.05) is 6.07 Å². The molecule has 0 fully saturated rings. The summed E-state index contributed by atoms with van der Waals surface area (Å²) in [5.74, 6) is 1.38. The van der Waals surface area contributed by atoms with Gasteiger partial charge in [0.2, 0.25) is 0 Å². The van der Waals surface area contributed by atoms with E-state index in [4.69, 9.17) is 9.84 Å². The molecule has 4 nitrogen and oxygen atoms in total. The second kappa shape index (κ2) is 7.07. The second-order valence-corrected chi connectivity index (χ2v) is 5.36. The highest BCUT2D eigenvalue weighted by molar-refractivity contribution is 7.99. The van der Waals surface area contributed by atoms with Crippen molar-refractivity contribution in [3.8, 4) is 17.2 Å². The van der Waals surface area contributed by atoms with Gasteiger partial charge in [-0.2, -0.15) is 0 Å². The summed E-state index contributed by atoms with van der Waals surface area (Å²) in [5, 5.41) is 28.3. The molecule has 0 saturated heterocycles. The molecule has 106 valence electrons. The Labute approximate surface area is 121 Å². The lowest BCUT2D eigenvalue weighted by Gasteiger charge is -2.12. The van der Waals surface area contributed by atoms with E-state index in [1.807, 2.05) is 0 Å². The quantitative estimate of drug-likeness (QED) is 0.714. The van der Waals surface area contributed by atoms with Crippen LogP contribution in [0.4, 0.5) is 0 Å². The molecule has 20 heavy (non-hydrogen) atoms. The van der Waals surface area contributed by atoms with E-state index in [0.29, 0.717) is 11.5 Å². The predicted molar refractivity (Wildman–Crippen MR) is 78.4 cm³/mol. The number of phenols is 2. The van der Waals surface area contributed by atoms with Crippen LogP contribution in [0.2, 0.25) is 0 Å². The maximum atomic E-state index is 9.84. The lowest BCUT2D eigenvalue weighted by Crippen LogP contribution is -2.19. The molecule has 2 rings (SSSR count). The van der Waals surface area contributed by atoms with Crippen LogP contribution in [0.15, 0.2) is 53.4 Å². The Morgan fingerprint density at radius 3 is 2.45 bits per heavy atom. The van der Waals surface area contributed by atoms with Crippen molar-refractivity contribution in [3.05, 3.63) is 48.5 Å². The molecule has 0 aromatic heterocycles.